The third-order valence-electron chi connectivity index (χ3n) is 3.98. The lowest BCUT2D eigenvalue weighted by Crippen LogP contribution is -2.62. The topological polar surface area (TPSA) is 128 Å². The normalized spacial score (nSPS) is 16.8. The highest BCUT2D eigenvalue weighted by atomic mass is 16.5. The second-order valence-corrected chi connectivity index (χ2v) is 7.61. The van der Waals surface area contributed by atoms with Crippen LogP contribution in [0.25, 0.3) is 0 Å². The Morgan fingerprint density at radius 3 is 1.88 bits per heavy atom. The van der Waals surface area contributed by atoms with Crippen LogP contribution in [0.4, 0.5) is 0 Å². The molecule has 0 spiro atoms. The van der Waals surface area contributed by atoms with Gasteiger partial charge in [0.1, 0.15) is 6.04 Å². The van der Waals surface area contributed by atoms with Gasteiger partial charge in [-0.1, -0.05) is 41.5 Å². The zero-order chi connectivity index (χ0) is 19.3. The first-order chi connectivity index (χ1) is 10.8. The molecule has 3 atom stereocenters. The van der Waals surface area contributed by atoms with Gasteiger partial charge in [-0.3, -0.25) is 19.6 Å². The fourth-order valence-corrected chi connectivity index (χ4v) is 2.48. The molecule has 0 aliphatic heterocycles. The van der Waals surface area contributed by atoms with Gasteiger partial charge in [0.05, 0.1) is 5.92 Å². The van der Waals surface area contributed by atoms with Crippen molar-refractivity contribution < 1.29 is 24.7 Å². The van der Waals surface area contributed by atoms with Crippen LogP contribution in [0.2, 0.25) is 0 Å². The summed E-state index contributed by atoms with van der Waals surface area (Å²) in [4.78, 5) is 36.6. The van der Waals surface area contributed by atoms with Crippen LogP contribution < -0.4 is 16.1 Å². The van der Waals surface area contributed by atoms with Crippen LogP contribution in [0.3, 0.4) is 0 Å². The molecule has 0 aromatic rings. The van der Waals surface area contributed by atoms with E-state index >= 15 is 0 Å². The van der Waals surface area contributed by atoms with E-state index in [1.165, 1.54) is 19.5 Å². The van der Waals surface area contributed by atoms with Crippen molar-refractivity contribution in [2.75, 3.05) is 7.05 Å². The summed E-state index contributed by atoms with van der Waals surface area (Å²) in [6, 6.07) is -0.891. The molecule has 0 fully saturated rings. The molecule has 24 heavy (non-hydrogen) atoms. The molecule has 0 aromatic heterocycles. The number of nitrogens with one attached hydrogen (secondary N) is 3. The summed E-state index contributed by atoms with van der Waals surface area (Å²) < 4.78 is 0. The zero-order valence-electron chi connectivity index (χ0n) is 15.6. The minimum atomic E-state index is -2.06. The van der Waals surface area contributed by atoms with Crippen molar-refractivity contribution in [1.29, 1.82) is 0 Å². The molecule has 8 heteroatoms. The van der Waals surface area contributed by atoms with E-state index in [1.54, 1.807) is 34.6 Å². The van der Waals surface area contributed by atoms with Gasteiger partial charge < -0.3 is 15.7 Å². The van der Waals surface area contributed by atoms with Gasteiger partial charge in [-0.05, 0) is 17.8 Å². The summed E-state index contributed by atoms with van der Waals surface area (Å²) in [6.45, 7) is 10.3. The maximum absolute atomic E-state index is 12.7. The first kappa shape index (κ1) is 22.3. The predicted octanol–water partition coefficient (Wildman–Crippen LogP) is 0.182. The molecular formula is C16H31N3O5. The molecule has 0 aliphatic carbocycles. The molecule has 0 saturated carbocycles. The Bertz CT molecular complexity index is 473. The fourth-order valence-electron chi connectivity index (χ4n) is 2.48. The molecule has 140 valence electrons. The standard InChI is InChI=1S/C16H31N3O5/c1-9(2)8-16(23,10(3)12(20)19-24)14(22)18-11(13(21)17-7)15(4,5)6/h9-11,23-24H,8H2,1-7H3,(H,17,21)(H,18,22)(H,19,20)/t10-,11-,16+/m1/s1. The molecule has 0 aliphatic rings. The first-order valence-corrected chi connectivity index (χ1v) is 8.00. The summed E-state index contributed by atoms with van der Waals surface area (Å²) >= 11 is 0. The summed E-state index contributed by atoms with van der Waals surface area (Å²) in [5, 5.41) is 24.7. The monoisotopic (exact) mass is 345 g/mol. The Kier molecular flexibility index (Phi) is 7.85. The van der Waals surface area contributed by atoms with Gasteiger partial charge in [0.15, 0.2) is 5.60 Å². The minimum Gasteiger partial charge on any atom is -0.379 e. The maximum Gasteiger partial charge on any atom is 0.253 e. The summed E-state index contributed by atoms with van der Waals surface area (Å²) in [5.74, 6) is -3.39. The van der Waals surface area contributed by atoms with Gasteiger partial charge in [0.2, 0.25) is 11.8 Å². The van der Waals surface area contributed by atoms with Gasteiger partial charge in [-0.25, -0.2) is 5.48 Å². The predicted molar refractivity (Wildman–Crippen MR) is 89.0 cm³/mol. The van der Waals surface area contributed by atoms with E-state index in [-0.39, 0.29) is 12.3 Å². The SMILES string of the molecule is CNC(=O)[C@@H](NC(=O)[C@](O)(CC(C)C)[C@H](C)C(=O)NO)C(C)(C)C. The van der Waals surface area contributed by atoms with Gasteiger partial charge in [0, 0.05) is 7.05 Å². The van der Waals surface area contributed by atoms with Crippen molar-refractivity contribution in [3.05, 3.63) is 0 Å². The molecule has 0 rings (SSSR count). The smallest absolute Gasteiger partial charge is 0.253 e. The first-order valence-electron chi connectivity index (χ1n) is 8.00. The minimum absolute atomic E-state index is 0.00196. The number of hydrogen-bond acceptors (Lipinski definition) is 5. The van der Waals surface area contributed by atoms with Crippen LogP contribution in [-0.2, 0) is 14.4 Å². The van der Waals surface area contributed by atoms with Crippen molar-refractivity contribution in [3.63, 3.8) is 0 Å². The van der Waals surface area contributed by atoms with Crippen molar-refractivity contribution in [1.82, 2.24) is 16.1 Å². The van der Waals surface area contributed by atoms with Gasteiger partial charge in [-0.2, -0.15) is 0 Å². The molecule has 0 radical (unpaired) electrons. The van der Waals surface area contributed by atoms with E-state index in [4.69, 9.17) is 5.21 Å². The van der Waals surface area contributed by atoms with E-state index in [1.807, 2.05) is 0 Å². The average molecular weight is 345 g/mol. The molecule has 0 bridgehead atoms. The molecular weight excluding hydrogens is 314 g/mol. The number of amides is 3. The van der Waals surface area contributed by atoms with Crippen molar-refractivity contribution >= 4 is 17.7 Å². The Morgan fingerprint density at radius 2 is 1.54 bits per heavy atom. The van der Waals surface area contributed by atoms with Crippen molar-refractivity contribution in [2.45, 2.75) is 59.6 Å². The largest absolute Gasteiger partial charge is 0.379 e. The second kappa shape index (κ2) is 8.43. The van der Waals surface area contributed by atoms with Crippen LogP contribution in [-0.4, -0.2) is 46.7 Å². The highest BCUT2D eigenvalue weighted by Gasteiger charge is 2.47. The number of rotatable bonds is 7. The van der Waals surface area contributed by atoms with Crippen LogP contribution >= 0.6 is 0 Å². The Labute approximate surface area is 143 Å². The number of likely N-dealkylation sites (N-methyl/N-ethyl adjacent to an activating group) is 1. The average Bonchev–Trinajstić information content (AvgIpc) is 2.47. The maximum atomic E-state index is 12.7. The lowest BCUT2D eigenvalue weighted by molar-refractivity contribution is -0.159. The Hall–Kier alpha value is -1.67. The third-order valence-corrected chi connectivity index (χ3v) is 3.98. The molecule has 8 nitrogen and oxygen atoms in total. The summed E-state index contributed by atoms with van der Waals surface area (Å²) in [6.07, 6.45) is -0.00196. The van der Waals surface area contributed by atoms with Crippen LogP contribution in [0.15, 0.2) is 0 Å². The molecule has 0 unspecified atom stereocenters. The quantitative estimate of drug-likeness (QED) is 0.332. The van der Waals surface area contributed by atoms with E-state index in [9.17, 15) is 19.5 Å². The van der Waals surface area contributed by atoms with Gasteiger partial charge in [-0.15, -0.1) is 0 Å². The number of hydroxylamine groups is 1. The van der Waals surface area contributed by atoms with Crippen LogP contribution in [0.1, 0.15) is 48.0 Å². The van der Waals surface area contributed by atoms with Gasteiger partial charge in [0.25, 0.3) is 5.91 Å². The van der Waals surface area contributed by atoms with Crippen molar-refractivity contribution in [3.8, 4) is 0 Å². The Morgan fingerprint density at radius 1 is 1.04 bits per heavy atom. The van der Waals surface area contributed by atoms with E-state index in [0.717, 1.165) is 0 Å². The lowest BCUT2D eigenvalue weighted by Gasteiger charge is -2.37. The number of carbonyl (C=O) groups excluding carboxylic acids is 3. The second-order valence-electron chi connectivity index (χ2n) is 7.61. The van der Waals surface area contributed by atoms with Crippen LogP contribution in [0, 0.1) is 17.3 Å². The summed E-state index contributed by atoms with van der Waals surface area (Å²) in [5.41, 5.74) is -1.20. The molecule has 0 saturated heterocycles. The molecule has 5 N–H and O–H groups in total. The van der Waals surface area contributed by atoms with Crippen LogP contribution in [0.5, 0.6) is 0 Å². The highest BCUT2D eigenvalue weighted by Crippen LogP contribution is 2.28. The highest BCUT2D eigenvalue weighted by molar-refractivity contribution is 5.95. The van der Waals surface area contributed by atoms with Crippen molar-refractivity contribution in [2.24, 2.45) is 17.3 Å². The number of aliphatic hydroxyl groups is 1. The summed E-state index contributed by atoms with van der Waals surface area (Å²) in [7, 11) is 1.45. The van der Waals surface area contributed by atoms with E-state index in [0.29, 0.717) is 0 Å². The third kappa shape index (κ3) is 5.45. The van der Waals surface area contributed by atoms with E-state index in [2.05, 4.69) is 10.6 Å². The molecule has 0 heterocycles. The zero-order valence-corrected chi connectivity index (χ0v) is 15.6. The fraction of sp³-hybridized carbons (Fsp3) is 0.812. The Balaban J connectivity index is 5.67. The number of hydrogen-bond donors (Lipinski definition) is 5. The lowest BCUT2D eigenvalue weighted by atomic mass is 9.79. The molecule has 3 amide bonds. The molecule has 0 aromatic carbocycles. The number of carbonyl (C=O) groups is 3. The van der Waals surface area contributed by atoms with Gasteiger partial charge >= 0.3 is 0 Å². The van der Waals surface area contributed by atoms with E-state index < -0.39 is 40.7 Å².